The van der Waals surface area contributed by atoms with Crippen LogP contribution in [0.5, 0.6) is 0 Å². The second-order valence-electron chi connectivity index (χ2n) is 4.83. The lowest BCUT2D eigenvalue weighted by atomic mass is 9.75. The Morgan fingerprint density at radius 1 is 1.20 bits per heavy atom. The molecule has 0 aromatic rings. The molecule has 2 aliphatic heterocycles. The van der Waals surface area contributed by atoms with Gasteiger partial charge in [-0.25, -0.2) is 4.18 Å². The topological polar surface area (TPSA) is 159 Å². The molecule has 12 heteroatoms. The van der Waals surface area contributed by atoms with Crippen molar-refractivity contribution in [1.29, 1.82) is 0 Å². The molecule has 5 unspecified atom stereocenters. The second-order valence-corrected chi connectivity index (χ2v) is 7.10. The highest BCUT2D eigenvalue weighted by molar-refractivity contribution is 7.83. The summed E-state index contributed by atoms with van der Waals surface area (Å²) < 4.78 is 71.4. The average molecular weight is 333 g/mol. The predicted molar refractivity (Wildman–Crippen MR) is 63.4 cm³/mol. The molecule has 1 aliphatic carbocycles. The van der Waals surface area contributed by atoms with Gasteiger partial charge in [-0.1, -0.05) is 0 Å². The maximum Gasteiger partial charge on any atom is 0.397 e. The van der Waals surface area contributed by atoms with E-state index in [2.05, 4.69) is 4.18 Å². The van der Waals surface area contributed by atoms with Gasteiger partial charge in [0, 0.05) is 12.3 Å². The summed E-state index contributed by atoms with van der Waals surface area (Å²) in [6.45, 7) is -0.477. The summed E-state index contributed by atoms with van der Waals surface area (Å²) in [5, 5.41) is 9.83. The highest BCUT2D eigenvalue weighted by Gasteiger charge is 2.48. The Balaban J connectivity index is 2.02. The Hall–Kier alpha value is -0.340. The Morgan fingerprint density at radius 2 is 1.85 bits per heavy atom. The van der Waals surface area contributed by atoms with Gasteiger partial charge >= 0.3 is 20.7 Å². The van der Waals surface area contributed by atoms with Gasteiger partial charge in [0.2, 0.25) is 0 Å². The highest BCUT2D eigenvalue weighted by Crippen LogP contribution is 2.38. The monoisotopic (exact) mass is 333 g/mol. The van der Waals surface area contributed by atoms with E-state index < -0.39 is 57.6 Å². The molecule has 10 nitrogen and oxygen atoms in total. The van der Waals surface area contributed by atoms with Crippen LogP contribution < -0.4 is 4.72 Å². The van der Waals surface area contributed by atoms with Crippen molar-refractivity contribution in [3.05, 3.63) is 0 Å². The zero-order chi connectivity index (χ0) is 15.1. The molecule has 2 bridgehead atoms. The van der Waals surface area contributed by atoms with E-state index >= 15 is 0 Å². The zero-order valence-corrected chi connectivity index (χ0v) is 11.7. The summed E-state index contributed by atoms with van der Waals surface area (Å²) in [7, 11) is -9.01. The van der Waals surface area contributed by atoms with Crippen LogP contribution in [0, 0.1) is 5.92 Å². The molecule has 20 heavy (non-hydrogen) atoms. The number of rotatable bonds is 5. The number of aliphatic hydroxyl groups excluding tert-OH is 1. The summed E-state index contributed by atoms with van der Waals surface area (Å²) >= 11 is 0. The van der Waals surface area contributed by atoms with Crippen molar-refractivity contribution >= 4 is 20.7 Å². The van der Waals surface area contributed by atoms with Gasteiger partial charge in [0.05, 0.1) is 31.0 Å². The maximum atomic E-state index is 10.8. The SMILES string of the molecule is O=S(=O)(O)NC1CC2C(O)CC1OC2COS(=O)(=O)O. The fraction of sp³-hybridized carbons (Fsp3) is 1.00. The van der Waals surface area contributed by atoms with Crippen molar-refractivity contribution in [2.75, 3.05) is 6.61 Å². The smallest absolute Gasteiger partial charge is 0.393 e. The lowest BCUT2D eigenvalue weighted by Crippen LogP contribution is -2.61. The van der Waals surface area contributed by atoms with E-state index in [0.29, 0.717) is 0 Å². The number of hydrogen-bond donors (Lipinski definition) is 4. The van der Waals surface area contributed by atoms with Gasteiger partial charge in [-0.3, -0.25) is 9.11 Å². The van der Waals surface area contributed by atoms with E-state index in [4.69, 9.17) is 13.8 Å². The highest BCUT2D eigenvalue weighted by atomic mass is 32.3. The van der Waals surface area contributed by atoms with Crippen LogP contribution in [0.1, 0.15) is 12.8 Å². The second kappa shape index (κ2) is 5.46. The molecule has 0 aromatic carbocycles. The number of fused-ring (bicyclic) bond motifs is 3. The van der Waals surface area contributed by atoms with Gasteiger partial charge in [0.15, 0.2) is 0 Å². The molecular weight excluding hydrogens is 318 g/mol. The first-order valence-electron chi connectivity index (χ1n) is 5.75. The Labute approximate surface area is 115 Å². The normalized spacial score (nSPS) is 38.0. The van der Waals surface area contributed by atoms with Crippen molar-refractivity contribution in [3.8, 4) is 0 Å². The van der Waals surface area contributed by atoms with E-state index in [1.165, 1.54) is 0 Å². The summed E-state index contributed by atoms with van der Waals surface area (Å²) in [6.07, 6.45) is -1.99. The van der Waals surface area contributed by atoms with Crippen LogP contribution in [0.25, 0.3) is 0 Å². The minimum Gasteiger partial charge on any atom is -0.393 e. The summed E-state index contributed by atoms with van der Waals surface area (Å²) in [5.74, 6) is -0.569. The lowest BCUT2D eigenvalue weighted by molar-refractivity contribution is -0.191. The largest absolute Gasteiger partial charge is 0.397 e. The van der Waals surface area contributed by atoms with E-state index in [9.17, 15) is 21.9 Å². The van der Waals surface area contributed by atoms with Gasteiger partial charge in [0.25, 0.3) is 0 Å². The molecule has 118 valence electrons. The van der Waals surface area contributed by atoms with E-state index in [0.717, 1.165) is 0 Å². The first kappa shape index (κ1) is 16.0. The summed E-state index contributed by atoms with van der Waals surface area (Å²) in [4.78, 5) is 0. The number of aliphatic hydroxyl groups is 1. The summed E-state index contributed by atoms with van der Waals surface area (Å²) in [6, 6.07) is -0.708. The molecular formula is C8H15NO9S2. The van der Waals surface area contributed by atoms with Gasteiger partial charge in [-0.2, -0.15) is 21.6 Å². The van der Waals surface area contributed by atoms with Crippen molar-refractivity contribution in [2.24, 2.45) is 5.92 Å². The molecule has 0 amide bonds. The number of ether oxygens (including phenoxy) is 1. The van der Waals surface area contributed by atoms with Gasteiger partial charge < -0.3 is 9.84 Å². The van der Waals surface area contributed by atoms with Crippen LogP contribution in [-0.2, 0) is 29.6 Å². The number of nitrogens with one attached hydrogen (secondary N) is 1. The molecule has 1 saturated carbocycles. The molecule has 3 aliphatic rings. The lowest BCUT2D eigenvalue weighted by Gasteiger charge is -2.49. The third-order valence-corrected chi connectivity index (χ3v) is 4.49. The summed E-state index contributed by atoms with van der Waals surface area (Å²) in [5.41, 5.74) is 0. The molecule has 5 atom stereocenters. The Morgan fingerprint density at radius 3 is 2.35 bits per heavy atom. The van der Waals surface area contributed by atoms with Crippen LogP contribution >= 0.6 is 0 Å². The molecule has 4 N–H and O–H groups in total. The first-order valence-corrected chi connectivity index (χ1v) is 8.56. The maximum absolute atomic E-state index is 10.8. The quantitative estimate of drug-likeness (QED) is 0.421. The van der Waals surface area contributed by atoms with E-state index in [1.54, 1.807) is 0 Å². The Bertz CT molecular complexity index is 558. The van der Waals surface area contributed by atoms with Crippen LogP contribution in [0.15, 0.2) is 0 Å². The molecule has 3 fully saturated rings. The third kappa shape index (κ3) is 4.08. The first-order chi connectivity index (χ1) is 9.05. The molecule has 0 spiro atoms. The fourth-order valence-electron chi connectivity index (χ4n) is 2.69. The fourth-order valence-corrected chi connectivity index (χ4v) is 3.62. The van der Waals surface area contributed by atoms with E-state index in [-0.39, 0.29) is 12.8 Å². The van der Waals surface area contributed by atoms with E-state index in [1.807, 2.05) is 4.72 Å². The minimum absolute atomic E-state index is 0.153. The van der Waals surface area contributed by atoms with Crippen LogP contribution in [0.2, 0.25) is 0 Å². The van der Waals surface area contributed by atoms with Gasteiger partial charge in [-0.15, -0.1) is 0 Å². The third-order valence-electron chi connectivity index (χ3n) is 3.45. The van der Waals surface area contributed by atoms with Crippen molar-refractivity contribution in [3.63, 3.8) is 0 Å². The number of hydrogen-bond acceptors (Lipinski definition) is 7. The molecule has 0 radical (unpaired) electrons. The Kier molecular flexibility index (Phi) is 4.37. The van der Waals surface area contributed by atoms with Crippen LogP contribution in [0.4, 0.5) is 0 Å². The van der Waals surface area contributed by atoms with Crippen LogP contribution in [0.3, 0.4) is 0 Å². The molecule has 2 saturated heterocycles. The van der Waals surface area contributed by atoms with Crippen LogP contribution in [-0.4, -0.2) is 62.0 Å². The predicted octanol–water partition coefficient (Wildman–Crippen LogP) is -1.89. The van der Waals surface area contributed by atoms with Gasteiger partial charge in [0.1, 0.15) is 0 Å². The minimum atomic E-state index is -4.61. The van der Waals surface area contributed by atoms with Crippen molar-refractivity contribution in [2.45, 2.75) is 37.2 Å². The van der Waals surface area contributed by atoms with Gasteiger partial charge in [-0.05, 0) is 6.42 Å². The molecule has 0 aromatic heterocycles. The van der Waals surface area contributed by atoms with Crippen molar-refractivity contribution < 1.29 is 40.0 Å². The molecule has 2 heterocycles. The molecule has 3 rings (SSSR count). The standard InChI is InChI=1S/C8H15NO9S2/c10-6-2-7-5(9-19(11,12)13)1-4(6)8(18-7)3-17-20(14,15)16/h4-10H,1-3H2,(H,11,12,13)(H,14,15,16). The average Bonchev–Trinajstić information content (AvgIpc) is 2.25. The van der Waals surface area contributed by atoms with Crippen molar-refractivity contribution in [1.82, 2.24) is 4.72 Å². The zero-order valence-electron chi connectivity index (χ0n) is 10.1.